The number of hydrogen-bond acceptors (Lipinski definition) is 2. The molecule has 1 saturated carbocycles. The number of nitrogens with one attached hydrogen (secondary N) is 1. The van der Waals surface area contributed by atoms with Crippen molar-refractivity contribution in [1.29, 1.82) is 0 Å². The molecule has 2 unspecified atom stereocenters. The van der Waals surface area contributed by atoms with Crippen LogP contribution in [0, 0.1) is 11.3 Å². The van der Waals surface area contributed by atoms with Crippen molar-refractivity contribution < 1.29 is 14.7 Å². The third kappa shape index (κ3) is 2.96. The summed E-state index contributed by atoms with van der Waals surface area (Å²) in [6, 6.07) is 7.57. The van der Waals surface area contributed by atoms with Gasteiger partial charge < -0.3 is 10.4 Å². The van der Waals surface area contributed by atoms with E-state index in [1.165, 1.54) is 0 Å². The first-order valence-electron chi connectivity index (χ1n) is 6.73. The molecule has 5 heteroatoms. The van der Waals surface area contributed by atoms with E-state index >= 15 is 0 Å². The highest BCUT2D eigenvalue weighted by Crippen LogP contribution is 2.52. The number of hydrogen-bond donors (Lipinski definition) is 2. The van der Waals surface area contributed by atoms with Crippen LogP contribution in [0.1, 0.15) is 25.3 Å². The maximum Gasteiger partial charge on any atom is 0.319 e. The second-order valence-corrected chi connectivity index (χ2v) is 5.80. The van der Waals surface area contributed by atoms with Gasteiger partial charge in [-0.25, -0.2) is 0 Å². The van der Waals surface area contributed by atoms with Gasteiger partial charge in [0.15, 0.2) is 0 Å². The Balaban J connectivity index is 1.75. The van der Waals surface area contributed by atoms with Gasteiger partial charge in [0.25, 0.3) is 0 Å². The third-order valence-electron chi connectivity index (χ3n) is 3.94. The normalized spacial score (nSPS) is 24.2. The number of carbonyl (C=O) groups is 2. The Bertz CT molecular complexity index is 514. The van der Waals surface area contributed by atoms with Crippen molar-refractivity contribution in [2.24, 2.45) is 11.3 Å². The quantitative estimate of drug-likeness (QED) is 0.626. The number of carboxylic acid groups (broad SMARTS) is 1. The smallest absolute Gasteiger partial charge is 0.319 e. The van der Waals surface area contributed by atoms with Gasteiger partial charge >= 0.3 is 5.97 Å². The zero-order chi connectivity index (χ0) is 14.8. The van der Waals surface area contributed by atoms with Gasteiger partial charge in [-0.15, -0.1) is 0 Å². The Morgan fingerprint density at radius 3 is 2.50 bits per heavy atom. The molecule has 0 aliphatic heterocycles. The number of halogens is 1. The van der Waals surface area contributed by atoms with Crippen LogP contribution in [0.3, 0.4) is 0 Å². The number of carboxylic acids is 1. The average Bonchev–Trinajstić information content (AvgIpc) is 3.10. The number of carbonyl (C=O) groups excluding carboxylic acids is 1. The van der Waals surface area contributed by atoms with Crippen LogP contribution in [0.15, 0.2) is 24.3 Å². The maximum absolute atomic E-state index is 11.9. The van der Waals surface area contributed by atoms with Crippen LogP contribution in [-0.2, 0) is 16.0 Å². The Kier molecular flexibility index (Phi) is 4.33. The highest BCUT2D eigenvalue weighted by Gasteiger charge is 2.63. The molecular weight excluding hydrogens is 278 g/mol. The van der Waals surface area contributed by atoms with Crippen molar-refractivity contribution in [2.45, 2.75) is 26.2 Å². The van der Waals surface area contributed by atoms with Crippen LogP contribution in [0.25, 0.3) is 0 Å². The van der Waals surface area contributed by atoms with E-state index in [-0.39, 0.29) is 11.8 Å². The van der Waals surface area contributed by atoms with E-state index in [1.807, 2.05) is 24.3 Å². The molecule has 4 nitrogen and oxygen atoms in total. The van der Waals surface area contributed by atoms with Crippen LogP contribution in [0.4, 0.5) is 0 Å². The van der Waals surface area contributed by atoms with E-state index in [4.69, 9.17) is 16.7 Å². The second kappa shape index (κ2) is 5.83. The number of rotatable bonds is 6. The van der Waals surface area contributed by atoms with Crippen LogP contribution in [0.5, 0.6) is 0 Å². The third-order valence-corrected chi connectivity index (χ3v) is 4.19. The number of benzene rings is 1. The van der Waals surface area contributed by atoms with E-state index in [2.05, 4.69) is 5.32 Å². The molecule has 0 heterocycles. The Labute approximate surface area is 123 Å². The molecule has 1 aromatic rings. The van der Waals surface area contributed by atoms with E-state index in [9.17, 15) is 9.59 Å². The zero-order valence-corrected chi connectivity index (χ0v) is 12.1. The average molecular weight is 296 g/mol. The van der Waals surface area contributed by atoms with Crippen LogP contribution in [-0.4, -0.2) is 23.5 Å². The molecule has 1 fully saturated rings. The summed E-state index contributed by atoms with van der Waals surface area (Å²) >= 11 is 5.80. The zero-order valence-electron chi connectivity index (χ0n) is 11.4. The predicted octanol–water partition coefficient (Wildman–Crippen LogP) is 2.50. The summed E-state index contributed by atoms with van der Waals surface area (Å²) in [4.78, 5) is 23.1. The fraction of sp³-hybridized carbons (Fsp3) is 0.467. The van der Waals surface area contributed by atoms with Crippen molar-refractivity contribution in [3.05, 3.63) is 34.9 Å². The van der Waals surface area contributed by atoms with Crippen molar-refractivity contribution in [1.82, 2.24) is 5.32 Å². The molecule has 2 rings (SSSR count). The highest BCUT2D eigenvalue weighted by atomic mass is 35.5. The number of aliphatic carboxylic acids is 1. The van der Waals surface area contributed by atoms with Crippen LogP contribution in [0.2, 0.25) is 5.02 Å². The first-order chi connectivity index (χ1) is 9.46. The van der Waals surface area contributed by atoms with Gasteiger partial charge in [-0.05, 0) is 42.9 Å². The van der Waals surface area contributed by atoms with Crippen molar-refractivity contribution >= 4 is 23.5 Å². The molecule has 1 amide bonds. The summed E-state index contributed by atoms with van der Waals surface area (Å²) < 4.78 is 0. The molecule has 2 atom stereocenters. The van der Waals surface area contributed by atoms with Crippen LogP contribution >= 0.6 is 11.6 Å². The fourth-order valence-electron chi connectivity index (χ4n) is 2.44. The minimum atomic E-state index is -1.18. The van der Waals surface area contributed by atoms with Gasteiger partial charge in [-0.3, -0.25) is 9.59 Å². The lowest BCUT2D eigenvalue weighted by Crippen LogP contribution is -2.38. The Morgan fingerprint density at radius 2 is 2.00 bits per heavy atom. The van der Waals surface area contributed by atoms with Crippen molar-refractivity contribution in [3.63, 3.8) is 0 Å². The van der Waals surface area contributed by atoms with E-state index < -0.39 is 11.4 Å². The summed E-state index contributed by atoms with van der Waals surface area (Å²) in [5.74, 6) is -1.44. The van der Waals surface area contributed by atoms with Gasteiger partial charge in [-0.2, -0.15) is 0 Å². The summed E-state index contributed by atoms with van der Waals surface area (Å²) in [7, 11) is 0. The lowest BCUT2D eigenvalue weighted by Gasteiger charge is -2.11. The largest absolute Gasteiger partial charge is 0.480 e. The van der Waals surface area contributed by atoms with E-state index in [1.54, 1.807) is 6.92 Å². The van der Waals surface area contributed by atoms with E-state index in [0.29, 0.717) is 18.0 Å². The van der Waals surface area contributed by atoms with Gasteiger partial charge in [0.2, 0.25) is 5.91 Å². The van der Waals surface area contributed by atoms with Crippen molar-refractivity contribution in [2.75, 3.05) is 6.54 Å². The minimum absolute atomic E-state index is 0.0729. The molecule has 0 bridgehead atoms. The van der Waals surface area contributed by atoms with Gasteiger partial charge in [0.05, 0.1) is 0 Å². The molecule has 0 radical (unpaired) electrons. The lowest BCUT2D eigenvalue weighted by molar-refractivity contribution is -0.149. The van der Waals surface area contributed by atoms with Gasteiger partial charge in [-0.1, -0.05) is 30.7 Å². The molecule has 0 aromatic heterocycles. The molecule has 0 saturated heterocycles. The summed E-state index contributed by atoms with van der Waals surface area (Å²) in [5.41, 5.74) is -0.0309. The molecule has 2 N–H and O–H groups in total. The molecule has 20 heavy (non-hydrogen) atoms. The Morgan fingerprint density at radius 1 is 1.40 bits per heavy atom. The van der Waals surface area contributed by atoms with Gasteiger partial charge in [0, 0.05) is 11.6 Å². The summed E-state index contributed by atoms with van der Waals surface area (Å²) in [6.45, 7) is 2.28. The standard InChI is InChI=1S/C15H18ClNO3/c1-10-9-15(10,14(19)20)13(18)17-8-2-3-11-4-6-12(16)7-5-11/h4-7,10H,2-3,8-9H2,1H3,(H,17,18)(H,19,20). The Hall–Kier alpha value is -1.55. The lowest BCUT2D eigenvalue weighted by atomic mass is 10.0. The molecule has 1 aliphatic carbocycles. The second-order valence-electron chi connectivity index (χ2n) is 5.37. The molecule has 1 aliphatic rings. The molecule has 0 spiro atoms. The monoisotopic (exact) mass is 295 g/mol. The predicted molar refractivity (Wildman–Crippen MR) is 76.6 cm³/mol. The summed E-state index contributed by atoms with van der Waals surface area (Å²) in [5, 5.41) is 12.6. The van der Waals surface area contributed by atoms with Gasteiger partial charge in [0.1, 0.15) is 5.41 Å². The molecular formula is C15H18ClNO3. The maximum atomic E-state index is 11.9. The van der Waals surface area contributed by atoms with Crippen LogP contribution < -0.4 is 5.32 Å². The number of amides is 1. The first kappa shape index (κ1) is 14.9. The number of aryl methyl sites for hydroxylation is 1. The highest BCUT2D eigenvalue weighted by molar-refractivity contribution is 6.30. The van der Waals surface area contributed by atoms with E-state index in [0.717, 1.165) is 18.4 Å². The SMILES string of the molecule is CC1CC1(C(=O)O)C(=O)NCCCc1ccc(Cl)cc1. The molecule has 108 valence electrons. The minimum Gasteiger partial charge on any atom is -0.480 e. The van der Waals surface area contributed by atoms with Crippen molar-refractivity contribution in [3.8, 4) is 0 Å². The topological polar surface area (TPSA) is 66.4 Å². The molecule has 1 aromatic carbocycles. The fourth-order valence-corrected chi connectivity index (χ4v) is 2.56. The first-order valence-corrected chi connectivity index (χ1v) is 7.11. The summed E-state index contributed by atoms with van der Waals surface area (Å²) in [6.07, 6.45) is 2.04.